The first kappa shape index (κ1) is 17.5. The number of ether oxygens (including phenoxy) is 2. The SMILES string of the molecule is COc1cc(OC)c(C=Nc2ccc(S(N)(=O)=O)cc2)cc1Br. The van der Waals surface area contributed by atoms with Crippen LogP contribution in [0, 0.1) is 0 Å². The van der Waals surface area contributed by atoms with Gasteiger partial charge in [-0.15, -0.1) is 0 Å². The molecule has 0 aliphatic carbocycles. The Morgan fingerprint density at radius 1 is 1.09 bits per heavy atom. The summed E-state index contributed by atoms with van der Waals surface area (Å²) in [6, 6.07) is 9.52. The molecule has 0 atom stereocenters. The van der Waals surface area contributed by atoms with Crippen LogP contribution in [-0.4, -0.2) is 28.9 Å². The first-order valence-corrected chi connectivity index (χ1v) is 8.77. The average Bonchev–Trinajstić information content (AvgIpc) is 2.52. The normalized spacial score (nSPS) is 11.7. The largest absolute Gasteiger partial charge is 0.496 e. The molecule has 23 heavy (non-hydrogen) atoms. The van der Waals surface area contributed by atoms with E-state index in [9.17, 15) is 8.42 Å². The van der Waals surface area contributed by atoms with E-state index in [1.165, 1.54) is 12.1 Å². The summed E-state index contributed by atoms with van der Waals surface area (Å²) in [5, 5.41) is 5.05. The monoisotopic (exact) mass is 398 g/mol. The molecule has 2 aromatic carbocycles. The Balaban J connectivity index is 2.31. The van der Waals surface area contributed by atoms with Gasteiger partial charge in [0.2, 0.25) is 10.0 Å². The van der Waals surface area contributed by atoms with Crippen molar-refractivity contribution in [2.75, 3.05) is 14.2 Å². The van der Waals surface area contributed by atoms with E-state index in [-0.39, 0.29) is 4.90 Å². The molecule has 0 saturated heterocycles. The molecule has 2 N–H and O–H groups in total. The van der Waals surface area contributed by atoms with Crippen molar-refractivity contribution in [3.8, 4) is 11.5 Å². The molecule has 8 heteroatoms. The molecule has 122 valence electrons. The van der Waals surface area contributed by atoms with Gasteiger partial charge in [0, 0.05) is 17.8 Å². The van der Waals surface area contributed by atoms with Gasteiger partial charge in [0.1, 0.15) is 11.5 Å². The molecule has 0 radical (unpaired) electrons. The van der Waals surface area contributed by atoms with Crippen LogP contribution in [0.25, 0.3) is 0 Å². The fourth-order valence-corrected chi connectivity index (χ4v) is 2.89. The highest BCUT2D eigenvalue weighted by atomic mass is 79.9. The molecule has 0 amide bonds. The van der Waals surface area contributed by atoms with Crippen molar-refractivity contribution in [1.82, 2.24) is 0 Å². The van der Waals surface area contributed by atoms with Crippen LogP contribution < -0.4 is 14.6 Å². The summed E-state index contributed by atoms with van der Waals surface area (Å²) in [7, 11) is -0.576. The number of hydrogen-bond acceptors (Lipinski definition) is 5. The molecule has 0 aromatic heterocycles. The van der Waals surface area contributed by atoms with Crippen LogP contribution in [0.1, 0.15) is 5.56 Å². The van der Waals surface area contributed by atoms with Crippen LogP contribution in [0.5, 0.6) is 11.5 Å². The van der Waals surface area contributed by atoms with Crippen LogP contribution in [0.3, 0.4) is 0 Å². The van der Waals surface area contributed by atoms with Gasteiger partial charge in [0.05, 0.1) is 29.3 Å². The summed E-state index contributed by atoms with van der Waals surface area (Å²) in [6.07, 6.45) is 1.62. The lowest BCUT2D eigenvalue weighted by atomic mass is 10.2. The van der Waals surface area contributed by atoms with Crippen molar-refractivity contribution < 1.29 is 17.9 Å². The summed E-state index contributed by atoms with van der Waals surface area (Å²) in [4.78, 5) is 4.35. The van der Waals surface area contributed by atoms with Crippen LogP contribution in [0.4, 0.5) is 5.69 Å². The minimum Gasteiger partial charge on any atom is -0.496 e. The van der Waals surface area contributed by atoms with Gasteiger partial charge in [-0.05, 0) is 46.3 Å². The van der Waals surface area contributed by atoms with Crippen molar-refractivity contribution in [2.45, 2.75) is 4.90 Å². The Morgan fingerprint density at radius 3 is 2.22 bits per heavy atom. The zero-order valence-corrected chi connectivity index (χ0v) is 14.9. The Labute approximate surface area is 143 Å². The summed E-state index contributed by atoms with van der Waals surface area (Å²) >= 11 is 3.41. The van der Waals surface area contributed by atoms with Gasteiger partial charge in [-0.1, -0.05) is 0 Å². The number of sulfonamides is 1. The standard InChI is InChI=1S/C15H15BrN2O4S/c1-21-14-8-15(22-2)13(16)7-10(14)9-18-11-3-5-12(6-4-11)23(17,19)20/h3-9H,1-2H3,(H2,17,19,20). The van der Waals surface area contributed by atoms with Gasteiger partial charge in [0.15, 0.2) is 0 Å². The number of nitrogens with zero attached hydrogens (tertiary/aromatic N) is 1. The second-order valence-electron chi connectivity index (χ2n) is 4.53. The highest BCUT2D eigenvalue weighted by molar-refractivity contribution is 9.10. The average molecular weight is 399 g/mol. The molecule has 0 unspecified atom stereocenters. The number of primary sulfonamides is 1. The van der Waals surface area contributed by atoms with E-state index in [4.69, 9.17) is 14.6 Å². The molecule has 0 saturated carbocycles. The number of halogens is 1. The van der Waals surface area contributed by atoms with Gasteiger partial charge < -0.3 is 9.47 Å². The lowest BCUT2D eigenvalue weighted by Gasteiger charge is -2.09. The van der Waals surface area contributed by atoms with Crippen molar-refractivity contribution in [1.29, 1.82) is 0 Å². The Hall–Kier alpha value is -1.90. The van der Waals surface area contributed by atoms with Crippen molar-refractivity contribution in [3.05, 3.63) is 46.4 Å². The first-order chi connectivity index (χ1) is 10.8. The molecular formula is C15H15BrN2O4S. The Kier molecular flexibility index (Phi) is 5.40. The molecule has 6 nitrogen and oxygen atoms in total. The summed E-state index contributed by atoms with van der Waals surface area (Å²) in [6.45, 7) is 0. The van der Waals surface area contributed by atoms with E-state index in [1.807, 2.05) is 6.07 Å². The molecule has 0 aliphatic rings. The van der Waals surface area contributed by atoms with Gasteiger partial charge in [-0.2, -0.15) is 0 Å². The molecule has 0 aliphatic heterocycles. The van der Waals surface area contributed by atoms with Crippen molar-refractivity contribution >= 4 is 37.9 Å². The number of benzene rings is 2. The van der Waals surface area contributed by atoms with Crippen LogP contribution in [-0.2, 0) is 10.0 Å². The third-order valence-corrected chi connectivity index (χ3v) is 4.57. The third kappa shape index (κ3) is 4.31. The number of rotatable bonds is 5. The molecule has 2 rings (SSSR count). The molecule has 0 heterocycles. The lowest BCUT2D eigenvalue weighted by molar-refractivity contribution is 0.392. The van der Waals surface area contributed by atoms with Gasteiger partial charge in [0.25, 0.3) is 0 Å². The molecule has 0 spiro atoms. The zero-order chi connectivity index (χ0) is 17.0. The maximum atomic E-state index is 11.2. The zero-order valence-electron chi connectivity index (χ0n) is 12.5. The maximum absolute atomic E-state index is 11.2. The van der Waals surface area contributed by atoms with Crippen LogP contribution in [0.15, 0.2) is 50.8 Å². The number of hydrogen-bond donors (Lipinski definition) is 1. The molecular weight excluding hydrogens is 384 g/mol. The smallest absolute Gasteiger partial charge is 0.238 e. The molecule has 2 aromatic rings. The second kappa shape index (κ2) is 7.12. The number of aliphatic imine (C=N–C) groups is 1. The first-order valence-electron chi connectivity index (χ1n) is 6.43. The summed E-state index contributed by atoms with van der Waals surface area (Å²) in [5.74, 6) is 1.26. The Bertz CT molecular complexity index is 833. The number of nitrogens with two attached hydrogens (primary N) is 1. The van der Waals surface area contributed by atoms with E-state index in [0.29, 0.717) is 17.2 Å². The highest BCUT2D eigenvalue weighted by Crippen LogP contribution is 2.32. The van der Waals surface area contributed by atoms with E-state index in [1.54, 1.807) is 38.6 Å². The van der Waals surface area contributed by atoms with Crippen LogP contribution in [0.2, 0.25) is 0 Å². The van der Waals surface area contributed by atoms with Gasteiger partial charge in [-0.25, -0.2) is 13.6 Å². The van der Waals surface area contributed by atoms with Crippen molar-refractivity contribution in [3.63, 3.8) is 0 Å². The topological polar surface area (TPSA) is 91.0 Å². The fourth-order valence-electron chi connectivity index (χ4n) is 1.85. The highest BCUT2D eigenvalue weighted by Gasteiger charge is 2.09. The van der Waals surface area contributed by atoms with E-state index in [0.717, 1.165) is 10.0 Å². The third-order valence-electron chi connectivity index (χ3n) is 3.02. The van der Waals surface area contributed by atoms with E-state index >= 15 is 0 Å². The minimum atomic E-state index is -3.70. The van der Waals surface area contributed by atoms with Gasteiger partial charge >= 0.3 is 0 Å². The quantitative estimate of drug-likeness (QED) is 0.783. The van der Waals surface area contributed by atoms with Crippen molar-refractivity contribution in [2.24, 2.45) is 10.1 Å². The van der Waals surface area contributed by atoms with E-state index in [2.05, 4.69) is 20.9 Å². The van der Waals surface area contributed by atoms with E-state index < -0.39 is 10.0 Å². The Morgan fingerprint density at radius 2 is 1.70 bits per heavy atom. The van der Waals surface area contributed by atoms with Crippen LogP contribution >= 0.6 is 15.9 Å². The fraction of sp³-hybridized carbons (Fsp3) is 0.133. The molecule has 0 bridgehead atoms. The number of methoxy groups -OCH3 is 2. The predicted molar refractivity (Wildman–Crippen MR) is 92.3 cm³/mol. The minimum absolute atomic E-state index is 0.0428. The summed E-state index contributed by atoms with van der Waals surface area (Å²) in [5.41, 5.74) is 1.34. The maximum Gasteiger partial charge on any atom is 0.238 e. The predicted octanol–water partition coefficient (Wildman–Crippen LogP) is 2.86. The lowest BCUT2D eigenvalue weighted by Crippen LogP contribution is -2.11. The second-order valence-corrected chi connectivity index (χ2v) is 6.94. The molecule has 0 fully saturated rings. The summed E-state index contributed by atoms with van der Waals surface area (Å²) < 4.78 is 33.7. The van der Waals surface area contributed by atoms with Gasteiger partial charge in [-0.3, -0.25) is 4.99 Å².